The van der Waals surface area contributed by atoms with Crippen molar-refractivity contribution in [2.75, 3.05) is 6.54 Å². The van der Waals surface area contributed by atoms with E-state index < -0.39 is 18.2 Å². The van der Waals surface area contributed by atoms with Crippen LogP contribution in [0.15, 0.2) is 0 Å². The minimum atomic E-state index is -0.955. The van der Waals surface area contributed by atoms with Gasteiger partial charge in [0.25, 0.3) is 0 Å². The van der Waals surface area contributed by atoms with Crippen molar-refractivity contribution in [3.63, 3.8) is 0 Å². The fourth-order valence-corrected chi connectivity index (χ4v) is 1.55. The minimum absolute atomic E-state index is 0.0840. The summed E-state index contributed by atoms with van der Waals surface area (Å²) < 4.78 is 12.8. The van der Waals surface area contributed by atoms with Crippen LogP contribution in [0.3, 0.4) is 0 Å². The Morgan fingerprint density at radius 2 is 2.33 bits per heavy atom. The molecule has 2 unspecified atom stereocenters. The lowest BCUT2D eigenvalue weighted by Crippen LogP contribution is -2.61. The summed E-state index contributed by atoms with van der Waals surface area (Å²) in [6.45, 7) is 4.27. The van der Waals surface area contributed by atoms with Gasteiger partial charge in [-0.2, -0.15) is 0 Å². The molecule has 2 atom stereocenters. The van der Waals surface area contributed by atoms with E-state index in [4.69, 9.17) is 5.11 Å². The van der Waals surface area contributed by atoms with E-state index in [9.17, 15) is 9.18 Å². The molecule has 0 radical (unpaired) electrons. The molecule has 1 N–H and O–H groups in total. The van der Waals surface area contributed by atoms with E-state index in [1.807, 2.05) is 18.7 Å². The van der Waals surface area contributed by atoms with Gasteiger partial charge in [0, 0.05) is 12.6 Å². The normalized spacial score (nSPS) is 30.3. The van der Waals surface area contributed by atoms with Crippen molar-refractivity contribution in [2.45, 2.75) is 38.5 Å². The number of nitrogens with zero attached hydrogens (tertiary/aromatic N) is 1. The number of hydrogen-bond donors (Lipinski definition) is 1. The van der Waals surface area contributed by atoms with Crippen LogP contribution < -0.4 is 0 Å². The summed E-state index contributed by atoms with van der Waals surface area (Å²) in [4.78, 5) is 12.2. The summed E-state index contributed by atoms with van der Waals surface area (Å²) >= 11 is 0. The highest BCUT2D eigenvalue weighted by Gasteiger charge is 2.41. The molecule has 3 nitrogen and oxygen atoms in total. The third-order valence-electron chi connectivity index (χ3n) is 2.28. The van der Waals surface area contributed by atoms with E-state index in [2.05, 4.69) is 0 Å². The first-order valence-corrected chi connectivity index (χ1v) is 4.14. The highest BCUT2D eigenvalue weighted by atomic mass is 19.1. The summed E-state index contributed by atoms with van der Waals surface area (Å²) in [5, 5.41) is 8.47. The summed E-state index contributed by atoms with van der Waals surface area (Å²) in [6, 6.07) is -0.163. The SMILES string of the molecule is CC(C)N1CC(F)C1CC(=O)O. The van der Waals surface area contributed by atoms with Crippen LogP contribution in [0.2, 0.25) is 0 Å². The van der Waals surface area contributed by atoms with Gasteiger partial charge < -0.3 is 5.11 Å². The Kier molecular flexibility index (Phi) is 2.67. The third kappa shape index (κ3) is 1.75. The molecule has 1 heterocycles. The van der Waals surface area contributed by atoms with E-state index in [1.54, 1.807) is 0 Å². The molecule has 70 valence electrons. The van der Waals surface area contributed by atoms with E-state index in [-0.39, 0.29) is 12.5 Å². The van der Waals surface area contributed by atoms with Crippen LogP contribution in [-0.4, -0.2) is 40.8 Å². The Morgan fingerprint density at radius 1 is 1.75 bits per heavy atom. The first-order valence-electron chi connectivity index (χ1n) is 4.14. The van der Waals surface area contributed by atoms with Gasteiger partial charge in [0.1, 0.15) is 6.17 Å². The molecule has 1 aliphatic heterocycles. The molecule has 0 aliphatic carbocycles. The molecule has 0 saturated carbocycles. The van der Waals surface area contributed by atoms with Crippen LogP contribution in [-0.2, 0) is 4.79 Å². The molecule has 0 bridgehead atoms. The molecule has 0 aromatic rings. The van der Waals surface area contributed by atoms with Gasteiger partial charge in [0.15, 0.2) is 0 Å². The molecule has 0 spiro atoms. The third-order valence-corrected chi connectivity index (χ3v) is 2.28. The average Bonchev–Trinajstić information content (AvgIpc) is 1.95. The van der Waals surface area contributed by atoms with Crippen LogP contribution in [0.25, 0.3) is 0 Å². The Morgan fingerprint density at radius 3 is 2.67 bits per heavy atom. The lowest BCUT2D eigenvalue weighted by Gasteiger charge is -2.45. The van der Waals surface area contributed by atoms with Crippen molar-refractivity contribution in [1.29, 1.82) is 0 Å². The van der Waals surface area contributed by atoms with E-state index in [1.165, 1.54) is 0 Å². The van der Waals surface area contributed by atoms with Gasteiger partial charge in [-0.1, -0.05) is 0 Å². The largest absolute Gasteiger partial charge is 0.481 e. The van der Waals surface area contributed by atoms with Crippen molar-refractivity contribution >= 4 is 5.97 Å². The molecule has 1 fully saturated rings. The van der Waals surface area contributed by atoms with Crippen molar-refractivity contribution in [1.82, 2.24) is 4.90 Å². The lowest BCUT2D eigenvalue weighted by molar-refractivity contribution is -0.142. The topological polar surface area (TPSA) is 40.5 Å². The zero-order valence-electron chi connectivity index (χ0n) is 7.33. The van der Waals surface area contributed by atoms with Gasteiger partial charge in [0.05, 0.1) is 12.5 Å². The van der Waals surface area contributed by atoms with Crippen molar-refractivity contribution in [3.8, 4) is 0 Å². The standard InChI is InChI=1S/C8H14FNO2/c1-5(2)10-4-6(9)7(10)3-8(11)12/h5-7H,3-4H2,1-2H3,(H,11,12). The van der Waals surface area contributed by atoms with E-state index in [0.29, 0.717) is 6.54 Å². The number of alkyl halides is 1. The highest BCUT2D eigenvalue weighted by Crippen LogP contribution is 2.26. The monoisotopic (exact) mass is 175 g/mol. The number of aliphatic carboxylic acids is 1. The van der Waals surface area contributed by atoms with Gasteiger partial charge in [-0.15, -0.1) is 0 Å². The predicted octanol–water partition coefficient (Wildman–Crippen LogP) is 0.892. The molecule has 0 aromatic heterocycles. The molecule has 1 saturated heterocycles. The van der Waals surface area contributed by atoms with Crippen molar-refractivity contribution < 1.29 is 14.3 Å². The molecule has 0 amide bonds. The van der Waals surface area contributed by atoms with E-state index >= 15 is 0 Å². The second-order valence-electron chi connectivity index (χ2n) is 3.47. The van der Waals surface area contributed by atoms with Crippen LogP contribution in [0.5, 0.6) is 0 Å². The van der Waals surface area contributed by atoms with Gasteiger partial charge in [-0.05, 0) is 13.8 Å². The molecule has 4 heteroatoms. The molecule has 1 rings (SSSR count). The highest BCUT2D eigenvalue weighted by molar-refractivity contribution is 5.67. The van der Waals surface area contributed by atoms with Crippen LogP contribution in [0.4, 0.5) is 4.39 Å². The van der Waals surface area contributed by atoms with E-state index in [0.717, 1.165) is 0 Å². The van der Waals surface area contributed by atoms with Gasteiger partial charge in [-0.3, -0.25) is 9.69 Å². The van der Waals surface area contributed by atoms with Crippen LogP contribution >= 0.6 is 0 Å². The van der Waals surface area contributed by atoms with Crippen LogP contribution in [0.1, 0.15) is 20.3 Å². The summed E-state index contributed by atoms with van der Waals surface area (Å²) in [5.41, 5.74) is 0. The minimum Gasteiger partial charge on any atom is -0.481 e. The number of halogens is 1. The number of carboxylic acid groups (broad SMARTS) is 1. The molecule has 12 heavy (non-hydrogen) atoms. The first-order chi connectivity index (χ1) is 5.52. The molecular weight excluding hydrogens is 161 g/mol. The van der Waals surface area contributed by atoms with Gasteiger partial charge in [0.2, 0.25) is 0 Å². The second-order valence-corrected chi connectivity index (χ2v) is 3.47. The van der Waals surface area contributed by atoms with Gasteiger partial charge >= 0.3 is 5.97 Å². The molecule has 1 aliphatic rings. The Labute approximate surface area is 71.2 Å². The maximum Gasteiger partial charge on any atom is 0.305 e. The maximum absolute atomic E-state index is 12.8. The van der Waals surface area contributed by atoms with Crippen molar-refractivity contribution in [2.24, 2.45) is 0 Å². The number of hydrogen-bond acceptors (Lipinski definition) is 2. The average molecular weight is 175 g/mol. The maximum atomic E-state index is 12.8. The Balaban J connectivity index is 2.44. The Bertz CT molecular complexity index is 184. The van der Waals surface area contributed by atoms with Crippen LogP contribution in [0, 0.1) is 0 Å². The number of likely N-dealkylation sites (tertiary alicyclic amines) is 1. The Hall–Kier alpha value is -0.640. The first kappa shape index (κ1) is 9.45. The lowest BCUT2D eigenvalue weighted by atomic mass is 9.95. The predicted molar refractivity (Wildman–Crippen MR) is 42.8 cm³/mol. The molecule has 0 aromatic carbocycles. The zero-order chi connectivity index (χ0) is 9.30. The van der Waals surface area contributed by atoms with Gasteiger partial charge in [-0.25, -0.2) is 4.39 Å². The fraction of sp³-hybridized carbons (Fsp3) is 0.875. The second kappa shape index (κ2) is 3.39. The summed E-state index contributed by atoms with van der Waals surface area (Å²) in [6.07, 6.45) is -1.04. The summed E-state index contributed by atoms with van der Waals surface area (Å²) in [7, 11) is 0. The fourth-order valence-electron chi connectivity index (χ4n) is 1.55. The number of carbonyl (C=O) groups is 1. The quantitative estimate of drug-likeness (QED) is 0.692. The van der Waals surface area contributed by atoms with Crippen molar-refractivity contribution in [3.05, 3.63) is 0 Å². The summed E-state index contributed by atoms with van der Waals surface area (Å²) in [5.74, 6) is -0.923. The number of rotatable bonds is 3. The smallest absolute Gasteiger partial charge is 0.305 e. The zero-order valence-corrected chi connectivity index (χ0v) is 7.33. The molecular formula is C8H14FNO2. The number of carboxylic acids is 1.